The number of pyridine rings is 1. The number of Topliss-reactive ketones (excluding diaryl/α,β-unsaturated/α-hetero) is 1. The van der Waals surface area contributed by atoms with Gasteiger partial charge in [-0.2, -0.15) is 0 Å². The standard InChI is InChI=1S/C13H9NO3/c1-17-13(16)11-8-4-2-3-7-5-14-6-9(10(7)8)12(11)15/h2-6,11H,1H3. The lowest BCUT2D eigenvalue weighted by atomic mass is 10.00. The van der Waals surface area contributed by atoms with Gasteiger partial charge in [-0.25, -0.2) is 0 Å². The molecule has 0 aliphatic heterocycles. The number of ketones is 1. The zero-order valence-corrected chi connectivity index (χ0v) is 9.14. The molecule has 1 aliphatic rings. The van der Waals surface area contributed by atoms with Crippen LogP contribution in [0.25, 0.3) is 10.8 Å². The molecule has 0 saturated carbocycles. The molecular formula is C13H9NO3. The van der Waals surface area contributed by atoms with Crippen LogP contribution in [0.3, 0.4) is 0 Å². The Morgan fingerprint density at radius 1 is 1.35 bits per heavy atom. The SMILES string of the molecule is COC(=O)C1C(=O)c2cncc3cccc1c23. The first kappa shape index (κ1) is 9.96. The van der Waals surface area contributed by atoms with Crippen LogP contribution in [0.4, 0.5) is 0 Å². The van der Waals surface area contributed by atoms with Gasteiger partial charge in [0.15, 0.2) is 5.78 Å². The molecule has 84 valence electrons. The number of methoxy groups -OCH3 is 1. The molecule has 0 amide bonds. The van der Waals surface area contributed by atoms with E-state index in [-0.39, 0.29) is 5.78 Å². The van der Waals surface area contributed by atoms with E-state index < -0.39 is 11.9 Å². The van der Waals surface area contributed by atoms with E-state index in [0.29, 0.717) is 5.56 Å². The number of esters is 1. The van der Waals surface area contributed by atoms with Gasteiger partial charge in [-0.15, -0.1) is 0 Å². The highest BCUT2D eigenvalue weighted by Crippen LogP contribution is 2.38. The summed E-state index contributed by atoms with van der Waals surface area (Å²) < 4.78 is 4.69. The zero-order chi connectivity index (χ0) is 12.0. The summed E-state index contributed by atoms with van der Waals surface area (Å²) in [5.41, 5.74) is 1.23. The van der Waals surface area contributed by atoms with Gasteiger partial charge in [0.2, 0.25) is 0 Å². The van der Waals surface area contributed by atoms with Crippen molar-refractivity contribution in [1.82, 2.24) is 4.98 Å². The fourth-order valence-electron chi connectivity index (χ4n) is 2.34. The van der Waals surface area contributed by atoms with Crippen molar-refractivity contribution in [3.63, 3.8) is 0 Å². The summed E-state index contributed by atoms with van der Waals surface area (Å²) in [4.78, 5) is 27.8. The highest BCUT2D eigenvalue weighted by Gasteiger charge is 2.38. The quantitative estimate of drug-likeness (QED) is 0.549. The van der Waals surface area contributed by atoms with Crippen molar-refractivity contribution in [3.8, 4) is 0 Å². The number of aromatic nitrogens is 1. The summed E-state index contributed by atoms with van der Waals surface area (Å²) in [6, 6.07) is 5.48. The topological polar surface area (TPSA) is 56.3 Å². The molecular weight excluding hydrogens is 218 g/mol. The van der Waals surface area contributed by atoms with E-state index in [2.05, 4.69) is 9.72 Å². The molecule has 1 heterocycles. The Bertz CT molecular complexity index is 643. The number of hydrogen-bond acceptors (Lipinski definition) is 4. The Kier molecular flexibility index (Phi) is 1.98. The van der Waals surface area contributed by atoms with E-state index in [4.69, 9.17) is 0 Å². The summed E-state index contributed by atoms with van der Waals surface area (Å²) in [7, 11) is 1.29. The van der Waals surface area contributed by atoms with E-state index in [1.807, 2.05) is 12.1 Å². The van der Waals surface area contributed by atoms with Crippen LogP contribution >= 0.6 is 0 Å². The van der Waals surface area contributed by atoms with Crippen molar-refractivity contribution in [2.75, 3.05) is 7.11 Å². The number of rotatable bonds is 1. The summed E-state index contributed by atoms with van der Waals surface area (Å²) >= 11 is 0. The highest BCUT2D eigenvalue weighted by atomic mass is 16.5. The largest absolute Gasteiger partial charge is 0.468 e. The summed E-state index contributed by atoms with van der Waals surface area (Å²) in [6.45, 7) is 0. The van der Waals surface area contributed by atoms with Crippen LogP contribution in [-0.2, 0) is 9.53 Å². The number of ether oxygens (including phenoxy) is 1. The number of carbonyl (C=O) groups is 2. The molecule has 17 heavy (non-hydrogen) atoms. The Balaban J connectivity index is 2.34. The molecule has 0 saturated heterocycles. The van der Waals surface area contributed by atoms with E-state index in [1.54, 1.807) is 12.3 Å². The summed E-state index contributed by atoms with van der Waals surface area (Å²) in [5.74, 6) is -1.57. The van der Waals surface area contributed by atoms with Crippen LogP contribution in [0.5, 0.6) is 0 Å². The van der Waals surface area contributed by atoms with Crippen molar-refractivity contribution in [3.05, 3.63) is 41.7 Å². The molecule has 1 aliphatic carbocycles. The van der Waals surface area contributed by atoms with E-state index in [9.17, 15) is 9.59 Å². The minimum Gasteiger partial charge on any atom is -0.468 e. The molecule has 0 N–H and O–H groups in total. The third kappa shape index (κ3) is 1.21. The number of carbonyl (C=O) groups excluding carboxylic acids is 2. The lowest BCUT2D eigenvalue weighted by Crippen LogP contribution is -2.19. The molecule has 1 atom stereocenters. The van der Waals surface area contributed by atoms with E-state index >= 15 is 0 Å². The fraction of sp³-hybridized carbons (Fsp3) is 0.154. The summed E-state index contributed by atoms with van der Waals surface area (Å²) in [5, 5.41) is 1.70. The molecule has 4 heteroatoms. The van der Waals surface area contributed by atoms with Crippen molar-refractivity contribution in [2.45, 2.75) is 5.92 Å². The lowest BCUT2D eigenvalue weighted by Gasteiger charge is -2.07. The molecule has 4 nitrogen and oxygen atoms in total. The Labute approximate surface area is 97.2 Å². The maximum atomic E-state index is 12.1. The minimum atomic E-state index is -0.831. The van der Waals surface area contributed by atoms with Crippen LogP contribution in [0.15, 0.2) is 30.6 Å². The minimum absolute atomic E-state index is 0.226. The van der Waals surface area contributed by atoms with Gasteiger partial charge < -0.3 is 4.74 Å². The molecule has 0 fully saturated rings. The van der Waals surface area contributed by atoms with Crippen molar-refractivity contribution in [2.24, 2.45) is 0 Å². The first-order chi connectivity index (χ1) is 8.24. The maximum Gasteiger partial charge on any atom is 0.321 e. The zero-order valence-electron chi connectivity index (χ0n) is 9.14. The van der Waals surface area contributed by atoms with Crippen molar-refractivity contribution >= 4 is 22.5 Å². The number of benzene rings is 1. The maximum absolute atomic E-state index is 12.1. The van der Waals surface area contributed by atoms with E-state index in [1.165, 1.54) is 13.3 Å². The smallest absolute Gasteiger partial charge is 0.321 e. The number of hydrogen-bond donors (Lipinski definition) is 0. The Morgan fingerprint density at radius 3 is 2.94 bits per heavy atom. The molecule has 0 bridgehead atoms. The first-order valence-electron chi connectivity index (χ1n) is 5.22. The monoisotopic (exact) mass is 227 g/mol. The normalized spacial score (nSPS) is 17.5. The van der Waals surface area contributed by atoms with Crippen LogP contribution in [0.1, 0.15) is 21.8 Å². The molecule has 1 aromatic carbocycles. The highest BCUT2D eigenvalue weighted by molar-refractivity contribution is 6.24. The van der Waals surface area contributed by atoms with Crippen LogP contribution in [0.2, 0.25) is 0 Å². The van der Waals surface area contributed by atoms with Crippen molar-refractivity contribution in [1.29, 1.82) is 0 Å². The van der Waals surface area contributed by atoms with Crippen molar-refractivity contribution < 1.29 is 14.3 Å². The van der Waals surface area contributed by atoms with E-state index in [0.717, 1.165) is 16.3 Å². The fourth-order valence-corrected chi connectivity index (χ4v) is 2.34. The van der Waals surface area contributed by atoms with Gasteiger partial charge >= 0.3 is 5.97 Å². The van der Waals surface area contributed by atoms with Crippen LogP contribution in [0, 0.1) is 0 Å². The third-order valence-electron chi connectivity index (χ3n) is 3.09. The van der Waals surface area contributed by atoms with Gasteiger partial charge in [-0.05, 0) is 5.56 Å². The Hall–Kier alpha value is -2.23. The second-order valence-electron chi connectivity index (χ2n) is 3.95. The lowest BCUT2D eigenvalue weighted by molar-refractivity contribution is -0.141. The molecule has 3 rings (SSSR count). The molecule has 2 aromatic rings. The van der Waals surface area contributed by atoms with Gasteiger partial charge in [-0.1, -0.05) is 18.2 Å². The molecule has 1 unspecified atom stereocenters. The predicted molar refractivity (Wildman–Crippen MR) is 60.8 cm³/mol. The second kappa shape index (κ2) is 3.38. The Morgan fingerprint density at radius 2 is 2.18 bits per heavy atom. The van der Waals surface area contributed by atoms with Gasteiger partial charge in [0.1, 0.15) is 5.92 Å². The predicted octanol–water partition coefficient (Wildman–Crippen LogP) is 1.69. The molecule has 0 spiro atoms. The molecule has 0 radical (unpaired) electrons. The average Bonchev–Trinajstić information content (AvgIpc) is 2.65. The van der Waals surface area contributed by atoms with Crippen LogP contribution < -0.4 is 0 Å². The first-order valence-corrected chi connectivity index (χ1v) is 5.22. The van der Waals surface area contributed by atoms with Gasteiger partial charge in [-0.3, -0.25) is 14.6 Å². The van der Waals surface area contributed by atoms with Gasteiger partial charge in [0.25, 0.3) is 0 Å². The van der Waals surface area contributed by atoms with Gasteiger partial charge in [0, 0.05) is 28.7 Å². The second-order valence-corrected chi connectivity index (χ2v) is 3.95. The summed E-state index contributed by atoms with van der Waals surface area (Å²) in [6.07, 6.45) is 3.20. The molecule has 1 aromatic heterocycles. The van der Waals surface area contributed by atoms with Gasteiger partial charge in [0.05, 0.1) is 7.11 Å². The number of nitrogens with zero attached hydrogens (tertiary/aromatic N) is 1. The average molecular weight is 227 g/mol. The third-order valence-corrected chi connectivity index (χ3v) is 3.09. The van der Waals surface area contributed by atoms with Crippen LogP contribution in [-0.4, -0.2) is 23.8 Å².